The van der Waals surface area contributed by atoms with Crippen LogP contribution in [0.3, 0.4) is 0 Å². The maximum absolute atomic E-state index is 11.5. The second-order valence-electron chi connectivity index (χ2n) is 4.18. The molecule has 21 heavy (non-hydrogen) atoms. The quantitative estimate of drug-likeness (QED) is 0.325. The molecule has 0 aromatic heterocycles. The number of rotatable bonds is 7. The third kappa shape index (κ3) is 4.97. The summed E-state index contributed by atoms with van der Waals surface area (Å²) in [5, 5.41) is 9.44. The van der Waals surface area contributed by atoms with E-state index in [9.17, 15) is 19.2 Å². The van der Waals surface area contributed by atoms with Crippen LogP contribution >= 0.6 is 0 Å². The molecule has 0 radical (unpaired) electrons. The largest absolute Gasteiger partial charge is 0.373 e. The smallest absolute Gasteiger partial charge is 0.332 e. The van der Waals surface area contributed by atoms with Crippen LogP contribution in [0.2, 0.25) is 0 Å². The van der Waals surface area contributed by atoms with Crippen molar-refractivity contribution in [3.63, 3.8) is 0 Å². The molecule has 0 saturated carbocycles. The van der Waals surface area contributed by atoms with Gasteiger partial charge in [0.15, 0.2) is 6.73 Å². The van der Waals surface area contributed by atoms with Crippen molar-refractivity contribution >= 4 is 23.7 Å². The summed E-state index contributed by atoms with van der Waals surface area (Å²) in [4.78, 5) is 51.0. The van der Waals surface area contributed by atoms with Crippen molar-refractivity contribution < 1.29 is 29.1 Å². The minimum Gasteiger partial charge on any atom is -0.373 e. The molecule has 1 heterocycles. The predicted molar refractivity (Wildman–Crippen MR) is 68.8 cm³/mol. The van der Waals surface area contributed by atoms with E-state index in [4.69, 9.17) is 10.8 Å². The number of amides is 3. The fourth-order valence-electron chi connectivity index (χ4n) is 1.61. The summed E-state index contributed by atoms with van der Waals surface area (Å²) in [6.07, 6.45) is 2.33. The first-order valence-electron chi connectivity index (χ1n) is 6.35. The van der Waals surface area contributed by atoms with E-state index in [1.54, 1.807) is 0 Å². The highest BCUT2D eigenvalue weighted by molar-refractivity contribution is 6.12. The molecule has 9 nitrogen and oxygen atoms in total. The number of nitrogens with zero attached hydrogens (tertiary/aromatic N) is 2. The first-order valence-corrected chi connectivity index (χ1v) is 6.35. The number of hydrogen-bond acceptors (Lipinski definition) is 7. The Morgan fingerprint density at radius 1 is 1.24 bits per heavy atom. The Balaban J connectivity index is 2.32. The Morgan fingerprint density at radius 2 is 1.86 bits per heavy atom. The van der Waals surface area contributed by atoms with Gasteiger partial charge >= 0.3 is 5.97 Å². The molecule has 0 aromatic rings. The van der Waals surface area contributed by atoms with Gasteiger partial charge in [-0.1, -0.05) is 0 Å². The van der Waals surface area contributed by atoms with Crippen LogP contribution in [-0.4, -0.2) is 58.6 Å². The lowest BCUT2D eigenvalue weighted by Gasteiger charge is -2.18. The van der Waals surface area contributed by atoms with Crippen molar-refractivity contribution in [1.82, 2.24) is 9.96 Å². The molecule has 0 bridgehead atoms. The van der Waals surface area contributed by atoms with Gasteiger partial charge in [-0.05, 0) is 6.42 Å². The molecule has 0 fully saturated rings. The van der Waals surface area contributed by atoms with Crippen LogP contribution in [0.1, 0.15) is 19.3 Å². The van der Waals surface area contributed by atoms with Gasteiger partial charge in [-0.15, -0.1) is 5.06 Å². The lowest BCUT2D eigenvalue weighted by atomic mass is 10.3. The molecule has 0 saturated heterocycles. The maximum atomic E-state index is 11.5. The average molecular weight is 299 g/mol. The first kappa shape index (κ1) is 16.8. The molecule has 116 valence electrons. The summed E-state index contributed by atoms with van der Waals surface area (Å²) in [5.41, 5.74) is 5.18. The van der Waals surface area contributed by atoms with Gasteiger partial charge in [0.25, 0.3) is 17.7 Å². The van der Waals surface area contributed by atoms with E-state index in [2.05, 4.69) is 4.84 Å². The van der Waals surface area contributed by atoms with Gasteiger partial charge in [-0.3, -0.25) is 19.3 Å². The zero-order chi connectivity index (χ0) is 15.8. The van der Waals surface area contributed by atoms with Crippen LogP contribution in [0.15, 0.2) is 12.2 Å². The normalized spacial score (nSPS) is 13.7. The van der Waals surface area contributed by atoms with Crippen LogP contribution in [0.4, 0.5) is 0 Å². The van der Waals surface area contributed by atoms with Gasteiger partial charge in [0.1, 0.15) is 0 Å². The summed E-state index contributed by atoms with van der Waals surface area (Å²) in [6, 6.07) is 0. The second-order valence-corrected chi connectivity index (χ2v) is 4.18. The number of aliphatic hydroxyl groups excluding tert-OH is 1. The molecule has 0 aromatic carbocycles. The highest BCUT2D eigenvalue weighted by atomic mass is 16.7. The zero-order valence-corrected chi connectivity index (χ0v) is 11.4. The van der Waals surface area contributed by atoms with Crippen LogP contribution in [-0.2, 0) is 24.0 Å². The predicted octanol–water partition coefficient (Wildman–Crippen LogP) is -1.72. The van der Waals surface area contributed by atoms with Gasteiger partial charge in [-0.2, -0.15) is 0 Å². The van der Waals surface area contributed by atoms with Crippen molar-refractivity contribution in [2.24, 2.45) is 5.73 Å². The Hall–Kier alpha value is -2.26. The average Bonchev–Trinajstić information content (AvgIpc) is 2.76. The van der Waals surface area contributed by atoms with Gasteiger partial charge in [0.05, 0.1) is 0 Å². The summed E-state index contributed by atoms with van der Waals surface area (Å²) >= 11 is 0. The minimum atomic E-state index is -0.766. The van der Waals surface area contributed by atoms with Crippen LogP contribution in [0.5, 0.6) is 0 Å². The Morgan fingerprint density at radius 3 is 2.38 bits per heavy atom. The molecular formula is C12H17N3O6. The van der Waals surface area contributed by atoms with Crippen molar-refractivity contribution in [2.45, 2.75) is 19.3 Å². The lowest BCUT2D eigenvalue weighted by molar-refractivity contribution is -0.211. The third-order valence-electron chi connectivity index (χ3n) is 2.64. The molecule has 1 rings (SSSR count). The number of carbonyl (C=O) groups is 4. The number of aliphatic hydroxyl groups is 1. The van der Waals surface area contributed by atoms with E-state index < -0.39 is 30.4 Å². The third-order valence-corrected chi connectivity index (χ3v) is 2.64. The summed E-state index contributed by atoms with van der Waals surface area (Å²) in [7, 11) is 0. The Bertz CT molecular complexity index is 444. The molecule has 3 N–H and O–H groups in total. The molecule has 0 spiro atoms. The second kappa shape index (κ2) is 8.12. The van der Waals surface area contributed by atoms with E-state index >= 15 is 0 Å². The molecule has 9 heteroatoms. The number of carbonyl (C=O) groups excluding carboxylic acids is 4. The fraction of sp³-hybridized carbons (Fsp3) is 0.500. The monoisotopic (exact) mass is 299 g/mol. The molecule has 1 aliphatic rings. The van der Waals surface area contributed by atoms with Crippen molar-refractivity contribution in [1.29, 1.82) is 0 Å². The fourth-order valence-corrected chi connectivity index (χ4v) is 1.61. The van der Waals surface area contributed by atoms with E-state index in [0.717, 1.165) is 17.1 Å². The number of imide groups is 1. The summed E-state index contributed by atoms with van der Waals surface area (Å²) < 4.78 is 0. The number of hydrogen-bond donors (Lipinski definition) is 2. The standard InChI is InChI=1S/C12H17N3O6/c13-6-5-11(19)15(8-16)21-12(20)2-1-7-14-9(17)3-4-10(14)18/h3-4,16H,1-2,5-8,13H2. The van der Waals surface area contributed by atoms with Crippen LogP contribution < -0.4 is 5.73 Å². The molecule has 1 aliphatic heterocycles. The Labute approximate surface area is 120 Å². The van der Waals surface area contributed by atoms with Gasteiger partial charge in [0, 0.05) is 38.1 Å². The topological polar surface area (TPSA) is 130 Å². The van der Waals surface area contributed by atoms with E-state index in [1.807, 2.05) is 0 Å². The van der Waals surface area contributed by atoms with Gasteiger partial charge < -0.3 is 15.7 Å². The highest BCUT2D eigenvalue weighted by Crippen LogP contribution is 2.06. The van der Waals surface area contributed by atoms with Crippen molar-refractivity contribution in [2.75, 3.05) is 19.8 Å². The van der Waals surface area contributed by atoms with Crippen molar-refractivity contribution in [3.05, 3.63) is 12.2 Å². The van der Waals surface area contributed by atoms with Crippen LogP contribution in [0.25, 0.3) is 0 Å². The summed E-state index contributed by atoms with van der Waals surface area (Å²) in [6.45, 7) is -0.619. The first-order chi connectivity index (χ1) is 9.99. The lowest BCUT2D eigenvalue weighted by Crippen LogP contribution is -2.36. The van der Waals surface area contributed by atoms with Crippen molar-refractivity contribution in [3.8, 4) is 0 Å². The SMILES string of the molecule is NCCC(=O)N(CO)OC(=O)CCCN1C(=O)C=CC1=O. The maximum Gasteiger partial charge on any atom is 0.332 e. The van der Waals surface area contributed by atoms with E-state index in [0.29, 0.717) is 5.06 Å². The molecule has 0 aliphatic carbocycles. The summed E-state index contributed by atoms with van der Waals surface area (Å²) in [5.74, 6) is -2.21. The molecule has 3 amide bonds. The molecular weight excluding hydrogens is 282 g/mol. The van der Waals surface area contributed by atoms with E-state index in [-0.39, 0.29) is 32.4 Å². The van der Waals surface area contributed by atoms with Crippen LogP contribution in [0, 0.1) is 0 Å². The highest BCUT2D eigenvalue weighted by Gasteiger charge is 2.23. The number of nitrogens with two attached hydrogens (primary N) is 1. The van der Waals surface area contributed by atoms with Gasteiger partial charge in [0.2, 0.25) is 0 Å². The Kier molecular flexibility index (Phi) is 6.50. The number of hydroxylamine groups is 2. The molecule has 0 unspecified atom stereocenters. The van der Waals surface area contributed by atoms with Gasteiger partial charge in [-0.25, -0.2) is 4.79 Å². The zero-order valence-electron chi connectivity index (χ0n) is 11.4. The van der Waals surface area contributed by atoms with E-state index in [1.165, 1.54) is 0 Å². The molecule has 0 atom stereocenters. The minimum absolute atomic E-state index is 0.0592.